The van der Waals surface area contributed by atoms with Crippen LogP contribution in [0.3, 0.4) is 0 Å². The Balaban J connectivity index is 0.00000179. The number of carbonyl (C=O) groups excluding carboxylic acids is 6. The van der Waals surface area contributed by atoms with E-state index < -0.39 is 76.8 Å². The van der Waals surface area contributed by atoms with Crippen molar-refractivity contribution < 1.29 is 96.5 Å². The van der Waals surface area contributed by atoms with Gasteiger partial charge in [0.05, 0.1) is 56.6 Å². The van der Waals surface area contributed by atoms with Crippen LogP contribution in [0.25, 0.3) is 11.1 Å². The van der Waals surface area contributed by atoms with Crippen LogP contribution in [0, 0.1) is 5.82 Å². The molecule has 0 unspecified atom stereocenters. The molecule has 5 aromatic carbocycles. The number of piperidine rings is 2. The summed E-state index contributed by atoms with van der Waals surface area (Å²) in [5.74, 6) is -4.69. The standard InChI is InChI=1S/C72H89F7N8O8.C2HF3O2/c1-82(35-16-34-80-64(88)23-15-44-87(3,4)43-14-6-9-24-65(89)83(2)41-42-84-36-29-59(30-37-84)95-68(92)81-62-22-13-11-20-60(62)52-17-7-5-8-18-52)66(90)49-93-63-47-53-19-10-12-21-61(53)69(63)31-38-85(39-32-69)40-33-70(55-25-27-58(73)28-26-55)50-86(51-94-70)67(91)54-45-56(71(74,75)76)48-57(46-54)72(77,78)79;3-2(4,5)1(6)7/h5,7-8,10-13,17-22,25-28,45-46,48,59,63H,6,9,14-16,23-24,29-44,47,49-51H2,1-4H3,(H-,80,81,88,92);(H,6,7)/t63-,70-;/m0./s1. The maximum Gasteiger partial charge on any atom is 0.430 e. The average Bonchev–Trinajstić information content (AvgIpc) is 1.57. The molecule has 3 saturated heterocycles. The van der Waals surface area contributed by atoms with Gasteiger partial charge in [0.2, 0.25) is 17.7 Å². The largest absolute Gasteiger partial charge is 0.542 e. The van der Waals surface area contributed by atoms with Crippen molar-refractivity contribution in [3.8, 4) is 11.1 Å². The molecule has 5 aromatic rings. The molecule has 1 spiro atoms. The molecule has 9 rings (SSSR count). The molecule has 0 saturated carbocycles. The molecule has 0 radical (unpaired) electrons. The number of likely N-dealkylation sites (N-methyl/N-ethyl adjacent to an activating group) is 2. The summed E-state index contributed by atoms with van der Waals surface area (Å²) in [4.78, 5) is 83.9. The van der Waals surface area contributed by atoms with E-state index in [1.807, 2.05) is 78.7 Å². The summed E-state index contributed by atoms with van der Waals surface area (Å²) in [5, 5.41) is 14.7. The number of quaternary nitrogens is 1. The molecule has 1 aliphatic carbocycles. The number of ether oxygens (including phenoxy) is 3. The highest BCUT2D eigenvalue weighted by molar-refractivity contribution is 5.95. The van der Waals surface area contributed by atoms with Gasteiger partial charge in [-0.1, -0.05) is 84.9 Å². The second kappa shape index (κ2) is 35.3. The highest BCUT2D eigenvalue weighted by atomic mass is 19.4. The third-order valence-corrected chi connectivity index (χ3v) is 19.7. The number of carbonyl (C=O) groups is 6. The molecule has 3 fully saturated rings. The van der Waals surface area contributed by atoms with E-state index in [4.69, 9.17) is 24.1 Å². The first-order valence-electron chi connectivity index (χ1n) is 34.3. The van der Waals surface area contributed by atoms with E-state index in [1.54, 1.807) is 11.9 Å². The maximum atomic E-state index is 14.2. The van der Waals surface area contributed by atoms with Crippen molar-refractivity contribution in [2.24, 2.45) is 0 Å². The van der Waals surface area contributed by atoms with Crippen LogP contribution in [0.2, 0.25) is 0 Å². The quantitative estimate of drug-likeness (QED) is 0.0274. The van der Waals surface area contributed by atoms with Gasteiger partial charge in [-0.15, -0.1) is 0 Å². The van der Waals surface area contributed by atoms with Gasteiger partial charge < -0.3 is 58.4 Å². The number of fused-ring (bicyclic) bond motifs is 2. The second-order valence-corrected chi connectivity index (χ2v) is 27.4. The number of rotatable bonds is 28. The van der Waals surface area contributed by atoms with Gasteiger partial charge in [-0.05, 0) is 136 Å². The van der Waals surface area contributed by atoms with E-state index >= 15 is 0 Å². The van der Waals surface area contributed by atoms with Crippen LogP contribution in [-0.4, -0.2) is 203 Å². The summed E-state index contributed by atoms with van der Waals surface area (Å²) in [7, 11) is 7.91. The maximum absolute atomic E-state index is 14.2. The molecule has 3 heterocycles. The average molecular weight is 1440 g/mol. The van der Waals surface area contributed by atoms with Gasteiger partial charge in [0.15, 0.2) is 0 Å². The minimum absolute atomic E-state index is 0.0270. The molecule has 0 bridgehead atoms. The number of para-hydroxylation sites is 1. The Kier molecular flexibility index (Phi) is 27.5. The van der Waals surface area contributed by atoms with Gasteiger partial charge in [-0.25, -0.2) is 9.18 Å². The van der Waals surface area contributed by atoms with E-state index in [-0.39, 0.29) is 55.6 Å². The van der Waals surface area contributed by atoms with Gasteiger partial charge in [0.1, 0.15) is 36.8 Å². The number of benzene rings is 5. The lowest BCUT2D eigenvalue weighted by Crippen LogP contribution is -2.50. The lowest BCUT2D eigenvalue weighted by Gasteiger charge is -2.44. The van der Waals surface area contributed by atoms with Crippen molar-refractivity contribution in [2.45, 2.75) is 125 Å². The monoisotopic (exact) mass is 1440 g/mol. The Morgan fingerprint density at radius 1 is 0.686 bits per heavy atom. The fourth-order valence-corrected chi connectivity index (χ4v) is 13.7. The summed E-state index contributed by atoms with van der Waals surface area (Å²) in [6, 6.07) is 32.0. The van der Waals surface area contributed by atoms with Gasteiger partial charge in [0.25, 0.3) is 5.91 Å². The number of hydrogen-bond acceptors (Lipinski definition) is 12. The number of carboxylic acids is 1. The number of alkyl halides is 9. The Morgan fingerprint density at radius 3 is 1.95 bits per heavy atom. The Morgan fingerprint density at radius 2 is 1.29 bits per heavy atom. The predicted octanol–water partition coefficient (Wildman–Crippen LogP) is 11.1. The summed E-state index contributed by atoms with van der Waals surface area (Å²) < 4.78 is 148. The summed E-state index contributed by atoms with van der Waals surface area (Å²) in [6.45, 7) is 6.48. The van der Waals surface area contributed by atoms with Gasteiger partial charge in [0, 0.05) is 95.7 Å². The van der Waals surface area contributed by atoms with Crippen molar-refractivity contribution in [3.63, 3.8) is 0 Å². The zero-order valence-electron chi connectivity index (χ0n) is 57.8. The smallest absolute Gasteiger partial charge is 0.430 e. The Hall–Kier alpha value is -8.18. The summed E-state index contributed by atoms with van der Waals surface area (Å²) in [6.07, 6.45) is -7.79. The van der Waals surface area contributed by atoms with Crippen LogP contribution in [-0.2, 0) is 63.2 Å². The number of anilines is 1. The zero-order valence-corrected chi connectivity index (χ0v) is 57.8. The fourth-order valence-electron chi connectivity index (χ4n) is 13.7. The van der Waals surface area contributed by atoms with Crippen LogP contribution in [0.1, 0.15) is 115 Å². The van der Waals surface area contributed by atoms with Crippen LogP contribution in [0.4, 0.5) is 54.4 Å². The molecule has 0 aromatic heterocycles. The van der Waals surface area contributed by atoms with Crippen molar-refractivity contribution in [1.82, 2.24) is 29.8 Å². The molecular weight excluding hydrogens is 1350 g/mol. The fraction of sp³-hybridized carbons (Fsp3) is 0.514. The number of hydrogen-bond donors (Lipinski definition) is 2. The topological polar surface area (TPSA) is 193 Å². The van der Waals surface area contributed by atoms with Gasteiger partial charge in [-0.3, -0.25) is 24.5 Å². The first kappa shape index (κ1) is 79.5. The third-order valence-electron chi connectivity index (χ3n) is 19.7. The normalized spacial score (nSPS) is 18.1. The SMILES string of the molecule is CN(CCN1CCC(OC(=O)Nc2ccccc2-c2ccccc2)CC1)C(=O)CCCCC[N+](C)(C)CCCC(=O)NCCCN(C)C(=O)CO[C@H]1Cc2ccccc2C12CCN(CC[C@@]1(c3ccc(F)cc3)CN(C(=O)c3cc(C(F)(F)F)cc(C(F)(F)F)c3)CO1)CC2.O=C([O-])C(F)(F)F. The lowest BCUT2D eigenvalue weighted by atomic mass is 9.72. The Labute approximate surface area is 587 Å². The molecule has 18 nitrogen and oxygen atoms in total. The molecule has 2 atom stereocenters. The summed E-state index contributed by atoms with van der Waals surface area (Å²) in [5.41, 5.74) is -0.191. The Bertz CT molecular complexity index is 3590. The van der Waals surface area contributed by atoms with E-state index in [2.05, 4.69) is 46.7 Å². The minimum Gasteiger partial charge on any atom is -0.542 e. The van der Waals surface area contributed by atoms with Crippen molar-refractivity contribution in [3.05, 3.63) is 161 Å². The third kappa shape index (κ3) is 22.4. The van der Waals surface area contributed by atoms with Crippen molar-refractivity contribution in [2.75, 3.05) is 125 Å². The second-order valence-electron chi connectivity index (χ2n) is 27.4. The number of nitrogens with zero attached hydrogens (tertiary/aromatic N) is 6. The number of nitrogens with one attached hydrogen (secondary N) is 2. The van der Waals surface area contributed by atoms with Gasteiger partial charge in [-0.2, -0.15) is 39.5 Å². The van der Waals surface area contributed by atoms with Crippen molar-refractivity contribution in [1.29, 1.82) is 0 Å². The van der Waals surface area contributed by atoms with E-state index in [9.17, 15) is 67.9 Å². The molecule has 3 aliphatic heterocycles. The highest BCUT2D eigenvalue weighted by Gasteiger charge is 2.50. The highest BCUT2D eigenvalue weighted by Crippen LogP contribution is 2.49. The van der Waals surface area contributed by atoms with Crippen LogP contribution < -0.4 is 15.7 Å². The number of halogens is 10. The van der Waals surface area contributed by atoms with E-state index in [0.717, 1.165) is 97.3 Å². The van der Waals surface area contributed by atoms with Crippen LogP contribution >= 0.6 is 0 Å². The molecule has 5 amide bonds. The molecule has 556 valence electrons. The predicted molar refractivity (Wildman–Crippen MR) is 358 cm³/mol. The first-order valence-corrected chi connectivity index (χ1v) is 34.3. The van der Waals surface area contributed by atoms with Gasteiger partial charge >= 0.3 is 24.6 Å². The van der Waals surface area contributed by atoms with Crippen LogP contribution in [0.5, 0.6) is 0 Å². The number of likely N-dealkylation sites (tertiary alicyclic amines) is 2. The molecule has 4 aliphatic rings. The number of aliphatic carboxylic acids is 1. The zero-order chi connectivity index (χ0) is 74.0. The molecule has 28 heteroatoms. The summed E-state index contributed by atoms with van der Waals surface area (Å²) >= 11 is 0. The minimum atomic E-state index is -5.19. The first-order chi connectivity index (χ1) is 48.2. The van der Waals surface area contributed by atoms with E-state index in [0.29, 0.717) is 101 Å². The molecule has 2 N–H and O–H groups in total. The number of unbranched alkanes of at least 4 members (excludes halogenated alkanes) is 2. The molecular formula is C74H90F10N8O10. The van der Waals surface area contributed by atoms with E-state index in [1.165, 1.54) is 29.8 Å². The lowest BCUT2D eigenvalue weighted by molar-refractivity contribution is -0.890. The molecule has 102 heavy (non-hydrogen) atoms. The van der Waals surface area contributed by atoms with Crippen LogP contribution in [0.15, 0.2) is 121 Å². The van der Waals surface area contributed by atoms with Crippen molar-refractivity contribution >= 4 is 41.4 Å². The number of amides is 5. The number of carboxylic acid groups (broad SMARTS) is 1.